The molecular weight excluding hydrogens is 346 g/mol. The summed E-state index contributed by atoms with van der Waals surface area (Å²) >= 11 is 0. The van der Waals surface area contributed by atoms with Gasteiger partial charge in [-0.25, -0.2) is 9.78 Å². The lowest BCUT2D eigenvalue weighted by Gasteiger charge is -2.08. The van der Waals surface area contributed by atoms with Crippen molar-refractivity contribution in [1.82, 2.24) is 15.0 Å². The Morgan fingerprint density at radius 1 is 1.07 bits per heavy atom. The number of rotatable bonds is 5. The number of hydrogen-bond donors (Lipinski definition) is 1. The van der Waals surface area contributed by atoms with Crippen molar-refractivity contribution in [3.05, 3.63) is 60.3 Å². The smallest absolute Gasteiger partial charge is 0.488 e. The Balaban J connectivity index is 1.70. The number of hydrogen-bond acceptors (Lipinski definition) is 6. The molecule has 0 saturated carbocycles. The fraction of sp³-hybridized carbons (Fsp3) is 0.150. The van der Waals surface area contributed by atoms with Crippen LogP contribution in [-0.2, 0) is 11.3 Å². The van der Waals surface area contributed by atoms with Gasteiger partial charge >= 0.3 is 12.2 Å². The van der Waals surface area contributed by atoms with Crippen LogP contribution < -0.4 is 9.47 Å². The van der Waals surface area contributed by atoms with Crippen LogP contribution in [0.4, 0.5) is 4.79 Å². The molecule has 0 atom stereocenters. The van der Waals surface area contributed by atoms with Gasteiger partial charge in [0, 0.05) is 0 Å². The summed E-state index contributed by atoms with van der Waals surface area (Å²) in [4.78, 5) is 23.2. The minimum Gasteiger partial charge on any atom is -0.488 e. The number of benzene rings is 2. The number of ether oxygens (including phenoxy) is 3. The molecule has 2 aromatic carbocycles. The molecule has 136 valence electrons. The lowest BCUT2D eigenvalue weighted by molar-refractivity contribution is 0.101. The van der Waals surface area contributed by atoms with Crippen LogP contribution in [0.5, 0.6) is 11.8 Å². The fourth-order valence-corrected chi connectivity index (χ4v) is 2.80. The van der Waals surface area contributed by atoms with Crippen molar-refractivity contribution in [3.8, 4) is 11.8 Å². The van der Waals surface area contributed by atoms with Gasteiger partial charge < -0.3 is 19.2 Å². The maximum atomic E-state index is 11.5. The topological polar surface area (TPSA) is 86.3 Å². The number of carbonyl (C=O) groups excluding carboxylic acids is 1. The second-order valence-corrected chi connectivity index (χ2v) is 5.78. The molecule has 0 amide bonds. The minimum atomic E-state index is -0.836. The maximum Gasteiger partial charge on any atom is 0.516 e. The lowest BCUT2D eigenvalue weighted by Crippen LogP contribution is -2.11. The van der Waals surface area contributed by atoms with E-state index in [0.29, 0.717) is 17.9 Å². The number of fused-ring (bicyclic) bond motifs is 3. The van der Waals surface area contributed by atoms with Gasteiger partial charge in [-0.1, -0.05) is 36.4 Å². The predicted molar refractivity (Wildman–Crippen MR) is 99.8 cm³/mol. The first-order chi connectivity index (χ1) is 13.2. The molecule has 27 heavy (non-hydrogen) atoms. The monoisotopic (exact) mass is 363 g/mol. The molecule has 7 heteroatoms. The minimum absolute atomic E-state index is 0.0697. The Morgan fingerprint density at radius 3 is 2.74 bits per heavy atom. The highest BCUT2D eigenvalue weighted by molar-refractivity contribution is 6.08. The third-order valence-electron chi connectivity index (χ3n) is 3.97. The molecular formula is C20H17N3O4. The summed E-state index contributed by atoms with van der Waals surface area (Å²) in [6, 6.07) is 15.6. The van der Waals surface area contributed by atoms with E-state index in [0.717, 1.165) is 22.0 Å². The molecule has 0 bridgehead atoms. The average molecular weight is 363 g/mol. The van der Waals surface area contributed by atoms with Crippen LogP contribution in [0, 0.1) is 0 Å². The second-order valence-electron chi connectivity index (χ2n) is 5.78. The molecule has 2 aromatic heterocycles. The molecule has 4 rings (SSSR count). The van der Waals surface area contributed by atoms with Crippen molar-refractivity contribution >= 4 is 28.1 Å². The SMILES string of the molecule is CCOC(=O)Oc1ncc2[nH]c3cccc(OCc4ccccc4)c3c2n1. The van der Waals surface area contributed by atoms with E-state index in [-0.39, 0.29) is 12.6 Å². The standard InChI is InChI=1S/C20H17N3O4/c1-2-25-20(24)27-19-21-11-15-18(23-19)17-14(22-15)9-6-10-16(17)26-12-13-7-4-3-5-8-13/h3-11,22H,2,12H2,1H3. The van der Waals surface area contributed by atoms with Gasteiger partial charge in [0.25, 0.3) is 0 Å². The molecule has 7 nitrogen and oxygen atoms in total. The highest BCUT2D eigenvalue weighted by Gasteiger charge is 2.15. The summed E-state index contributed by atoms with van der Waals surface area (Å²) in [5, 5.41) is 0.805. The van der Waals surface area contributed by atoms with Crippen molar-refractivity contribution in [1.29, 1.82) is 0 Å². The Morgan fingerprint density at radius 2 is 1.93 bits per heavy atom. The molecule has 0 spiro atoms. The normalized spacial score (nSPS) is 10.9. The van der Waals surface area contributed by atoms with E-state index in [2.05, 4.69) is 15.0 Å². The third-order valence-corrected chi connectivity index (χ3v) is 3.97. The molecule has 0 unspecified atom stereocenters. The number of H-pyrrole nitrogens is 1. The zero-order chi connectivity index (χ0) is 18.6. The number of aromatic amines is 1. The summed E-state index contributed by atoms with van der Waals surface area (Å²) in [5.74, 6) is 0.684. The van der Waals surface area contributed by atoms with E-state index >= 15 is 0 Å². The van der Waals surface area contributed by atoms with Gasteiger partial charge in [-0.05, 0) is 24.6 Å². The Hall–Kier alpha value is -3.61. The van der Waals surface area contributed by atoms with Gasteiger partial charge in [-0.15, -0.1) is 0 Å². The quantitative estimate of drug-likeness (QED) is 0.534. The maximum absolute atomic E-state index is 11.5. The summed E-state index contributed by atoms with van der Waals surface area (Å²) < 4.78 is 15.8. The Bertz CT molecular complexity index is 1090. The summed E-state index contributed by atoms with van der Waals surface area (Å²) in [6.45, 7) is 2.34. The first kappa shape index (κ1) is 16.8. The van der Waals surface area contributed by atoms with Crippen molar-refractivity contribution < 1.29 is 19.0 Å². The summed E-state index contributed by atoms with van der Waals surface area (Å²) in [6.07, 6.45) is 0.731. The molecule has 0 radical (unpaired) electrons. The van der Waals surface area contributed by atoms with E-state index in [1.165, 1.54) is 0 Å². The number of nitrogens with one attached hydrogen (secondary N) is 1. The Labute approximate surface area is 154 Å². The molecule has 0 saturated heterocycles. The second kappa shape index (κ2) is 7.33. The fourth-order valence-electron chi connectivity index (χ4n) is 2.80. The largest absolute Gasteiger partial charge is 0.516 e. The average Bonchev–Trinajstić information content (AvgIpc) is 3.06. The van der Waals surface area contributed by atoms with E-state index in [9.17, 15) is 4.79 Å². The molecule has 0 fully saturated rings. The van der Waals surface area contributed by atoms with Crippen LogP contribution in [-0.4, -0.2) is 27.7 Å². The Kier molecular flexibility index (Phi) is 4.57. The van der Waals surface area contributed by atoms with Crippen molar-refractivity contribution in [2.75, 3.05) is 6.61 Å². The van der Waals surface area contributed by atoms with Crippen LogP contribution >= 0.6 is 0 Å². The van der Waals surface area contributed by atoms with Gasteiger partial charge in [0.2, 0.25) is 0 Å². The number of nitrogens with zero attached hydrogens (tertiary/aromatic N) is 2. The first-order valence-electron chi connectivity index (χ1n) is 8.53. The van der Waals surface area contributed by atoms with Crippen LogP contribution in [0.15, 0.2) is 54.7 Å². The lowest BCUT2D eigenvalue weighted by atomic mass is 10.2. The first-order valence-corrected chi connectivity index (χ1v) is 8.53. The van der Waals surface area contributed by atoms with Gasteiger partial charge in [0.05, 0.1) is 29.2 Å². The number of carbonyl (C=O) groups is 1. The molecule has 0 aliphatic heterocycles. The number of aromatic nitrogens is 3. The summed E-state index contributed by atoms with van der Waals surface area (Å²) in [7, 11) is 0. The molecule has 1 N–H and O–H groups in total. The van der Waals surface area contributed by atoms with Crippen molar-refractivity contribution in [2.24, 2.45) is 0 Å². The highest BCUT2D eigenvalue weighted by atomic mass is 16.7. The zero-order valence-corrected chi connectivity index (χ0v) is 14.6. The van der Waals surface area contributed by atoms with Crippen LogP contribution in [0.2, 0.25) is 0 Å². The van der Waals surface area contributed by atoms with E-state index in [4.69, 9.17) is 14.2 Å². The van der Waals surface area contributed by atoms with Crippen molar-refractivity contribution in [3.63, 3.8) is 0 Å². The van der Waals surface area contributed by atoms with Crippen LogP contribution in [0.25, 0.3) is 21.9 Å². The molecule has 4 aromatic rings. The van der Waals surface area contributed by atoms with E-state index < -0.39 is 6.16 Å². The molecule has 0 aliphatic rings. The predicted octanol–water partition coefficient (Wildman–Crippen LogP) is 4.23. The molecule has 2 heterocycles. The van der Waals surface area contributed by atoms with E-state index in [1.807, 2.05) is 48.5 Å². The van der Waals surface area contributed by atoms with E-state index in [1.54, 1.807) is 13.1 Å². The van der Waals surface area contributed by atoms with Gasteiger partial charge in [-0.2, -0.15) is 4.98 Å². The highest BCUT2D eigenvalue weighted by Crippen LogP contribution is 2.32. The van der Waals surface area contributed by atoms with Crippen molar-refractivity contribution in [2.45, 2.75) is 13.5 Å². The summed E-state index contributed by atoms with van der Waals surface area (Å²) in [5.41, 5.74) is 3.26. The van der Waals surface area contributed by atoms with Gasteiger partial charge in [-0.3, -0.25) is 0 Å². The van der Waals surface area contributed by atoms with Crippen LogP contribution in [0.1, 0.15) is 12.5 Å². The third kappa shape index (κ3) is 3.52. The van der Waals surface area contributed by atoms with Crippen LogP contribution in [0.3, 0.4) is 0 Å². The van der Waals surface area contributed by atoms with Gasteiger partial charge in [0.15, 0.2) is 0 Å². The van der Waals surface area contributed by atoms with Gasteiger partial charge in [0.1, 0.15) is 17.9 Å². The zero-order valence-electron chi connectivity index (χ0n) is 14.6. The molecule has 0 aliphatic carbocycles.